The third-order valence-corrected chi connectivity index (χ3v) is 5.53. The summed E-state index contributed by atoms with van der Waals surface area (Å²) in [6.07, 6.45) is 1.99. The minimum atomic E-state index is -0.354. The molecule has 0 atom stereocenters. The Morgan fingerprint density at radius 1 is 1.23 bits per heavy atom. The van der Waals surface area contributed by atoms with E-state index in [-0.39, 0.29) is 17.5 Å². The first-order valence-electron chi connectivity index (χ1n) is 8.68. The van der Waals surface area contributed by atoms with Crippen LogP contribution < -0.4 is 0 Å². The fraction of sp³-hybridized carbons (Fsp3) is 0.316. The lowest BCUT2D eigenvalue weighted by Gasteiger charge is -2.29. The molecule has 0 unspecified atom stereocenters. The van der Waals surface area contributed by atoms with Crippen LogP contribution in [0.4, 0.5) is 4.39 Å². The second-order valence-electron chi connectivity index (χ2n) is 6.60. The number of rotatable bonds is 3. The van der Waals surface area contributed by atoms with Crippen LogP contribution in [0.5, 0.6) is 0 Å². The second-order valence-corrected chi connectivity index (χ2v) is 7.55. The number of thiophene rings is 1. The van der Waals surface area contributed by atoms with Gasteiger partial charge in [-0.3, -0.25) is 4.79 Å². The maximum absolute atomic E-state index is 13.7. The van der Waals surface area contributed by atoms with E-state index in [1.807, 2.05) is 22.4 Å². The van der Waals surface area contributed by atoms with E-state index in [1.54, 1.807) is 16.8 Å². The van der Waals surface area contributed by atoms with Gasteiger partial charge in [-0.15, -0.1) is 16.4 Å². The van der Waals surface area contributed by atoms with Gasteiger partial charge >= 0.3 is 0 Å². The number of carbonyl (C=O) groups is 1. The predicted molar refractivity (Wildman–Crippen MR) is 98.9 cm³/mol. The first kappa shape index (κ1) is 16.9. The van der Waals surface area contributed by atoms with Gasteiger partial charge in [0.25, 0.3) is 5.91 Å². The lowest BCUT2D eigenvalue weighted by Crippen LogP contribution is -2.38. The molecule has 0 spiro atoms. The number of nitrogens with zero attached hydrogens (tertiary/aromatic N) is 4. The Kier molecular flexibility index (Phi) is 4.55. The normalized spacial score (nSPS) is 15.4. The summed E-state index contributed by atoms with van der Waals surface area (Å²) in [5.41, 5.74) is 0.548. The molecule has 1 aliphatic rings. The summed E-state index contributed by atoms with van der Waals surface area (Å²) in [5.74, 6) is 0.836. The Hall–Kier alpha value is -2.54. The average molecular weight is 370 g/mol. The van der Waals surface area contributed by atoms with E-state index in [0.717, 1.165) is 30.8 Å². The number of carbonyl (C=O) groups excluding carboxylic acids is 1. The highest BCUT2D eigenvalue weighted by Gasteiger charge is 2.26. The maximum Gasteiger partial charge on any atom is 0.293 e. The number of aromatic nitrogens is 3. The van der Waals surface area contributed by atoms with E-state index < -0.39 is 0 Å². The van der Waals surface area contributed by atoms with Crippen LogP contribution in [-0.4, -0.2) is 38.7 Å². The molecule has 26 heavy (non-hydrogen) atoms. The van der Waals surface area contributed by atoms with Gasteiger partial charge in [-0.25, -0.2) is 14.1 Å². The molecule has 0 bridgehead atoms. The molecule has 1 aliphatic heterocycles. The van der Waals surface area contributed by atoms with Crippen LogP contribution in [0, 0.1) is 11.7 Å². The van der Waals surface area contributed by atoms with Crippen molar-refractivity contribution in [3.8, 4) is 16.4 Å². The van der Waals surface area contributed by atoms with Gasteiger partial charge in [-0.1, -0.05) is 19.1 Å². The van der Waals surface area contributed by atoms with Crippen LogP contribution in [0.3, 0.4) is 0 Å². The number of piperidine rings is 1. The predicted octanol–water partition coefficient (Wildman–Crippen LogP) is 4.01. The summed E-state index contributed by atoms with van der Waals surface area (Å²) >= 11 is 1.51. The molecular formula is C19H19FN4OS. The number of benzene rings is 1. The number of halogens is 1. The van der Waals surface area contributed by atoms with Crippen molar-refractivity contribution in [2.75, 3.05) is 13.1 Å². The van der Waals surface area contributed by atoms with Crippen molar-refractivity contribution in [3.05, 3.63) is 53.4 Å². The van der Waals surface area contributed by atoms with Crippen LogP contribution in [0.25, 0.3) is 16.4 Å². The Bertz CT molecular complexity index is 914. The zero-order valence-corrected chi connectivity index (χ0v) is 15.2. The number of hydrogen-bond acceptors (Lipinski definition) is 4. The zero-order chi connectivity index (χ0) is 18.1. The van der Waals surface area contributed by atoms with Gasteiger partial charge in [-0.2, -0.15) is 0 Å². The van der Waals surface area contributed by atoms with Crippen LogP contribution in [0.15, 0.2) is 41.8 Å². The SMILES string of the molecule is CC1CCN(C(=O)c2nc(-c3cccs3)n(-c3cccc(F)c3)n2)CC1. The van der Waals surface area contributed by atoms with E-state index in [1.165, 1.54) is 23.5 Å². The van der Waals surface area contributed by atoms with E-state index in [0.29, 0.717) is 17.4 Å². The zero-order valence-electron chi connectivity index (χ0n) is 14.4. The van der Waals surface area contributed by atoms with Crippen molar-refractivity contribution in [1.82, 2.24) is 19.7 Å². The summed E-state index contributed by atoms with van der Waals surface area (Å²) in [7, 11) is 0. The van der Waals surface area contributed by atoms with Crippen molar-refractivity contribution < 1.29 is 9.18 Å². The van der Waals surface area contributed by atoms with E-state index in [4.69, 9.17) is 0 Å². The minimum absolute atomic E-state index is 0.159. The molecule has 5 nitrogen and oxygen atoms in total. The highest BCUT2D eigenvalue weighted by molar-refractivity contribution is 7.13. The van der Waals surface area contributed by atoms with Crippen LogP contribution >= 0.6 is 11.3 Å². The fourth-order valence-corrected chi connectivity index (χ4v) is 3.81. The van der Waals surface area contributed by atoms with Gasteiger partial charge in [0.15, 0.2) is 5.82 Å². The van der Waals surface area contributed by atoms with Gasteiger partial charge in [0, 0.05) is 13.1 Å². The van der Waals surface area contributed by atoms with Gasteiger partial charge in [-0.05, 0) is 48.4 Å². The highest BCUT2D eigenvalue weighted by Crippen LogP contribution is 2.26. The monoisotopic (exact) mass is 370 g/mol. The fourth-order valence-electron chi connectivity index (χ4n) is 3.11. The molecule has 4 rings (SSSR count). The Balaban J connectivity index is 1.73. The standard InChI is InChI=1S/C19H19FN4OS/c1-13-7-9-23(10-8-13)19(25)17-21-18(16-6-3-11-26-16)24(22-17)15-5-2-4-14(20)12-15/h2-6,11-13H,7-10H2,1H3. The molecule has 0 radical (unpaired) electrons. The molecule has 0 saturated carbocycles. The van der Waals surface area contributed by atoms with Crippen LogP contribution in [-0.2, 0) is 0 Å². The minimum Gasteiger partial charge on any atom is -0.336 e. The van der Waals surface area contributed by atoms with Crippen molar-refractivity contribution in [3.63, 3.8) is 0 Å². The number of hydrogen-bond donors (Lipinski definition) is 0. The molecule has 1 saturated heterocycles. The molecule has 1 aromatic carbocycles. The summed E-state index contributed by atoms with van der Waals surface area (Å²) in [4.78, 5) is 20.0. The van der Waals surface area contributed by atoms with Crippen molar-refractivity contribution in [2.45, 2.75) is 19.8 Å². The average Bonchev–Trinajstić information content (AvgIpc) is 3.31. The Morgan fingerprint density at radius 3 is 2.73 bits per heavy atom. The Labute approximate surface area is 155 Å². The largest absolute Gasteiger partial charge is 0.336 e. The highest BCUT2D eigenvalue weighted by atomic mass is 32.1. The van der Waals surface area contributed by atoms with Crippen molar-refractivity contribution in [2.24, 2.45) is 5.92 Å². The van der Waals surface area contributed by atoms with E-state index in [2.05, 4.69) is 17.0 Å². The van der Waals surface area contributed by atoms with E-state index >= 15 is 0 Å². The maximum atomic E-state index is 13.7. The third-order valence-electron chi connectivity index (χ3n) is 4.66. The topological polar surface area (TPSA) is 51.0 Å². The Morgan fingerprint density at radius 2 is 2.04 bits per heavy atom. The molecular weight excluding hydrogens is 351 g/mol. The van der Waals surface area contributed by atoms with Crippen molar-refractivity contribution >= 4 is 17.2 Å². The first-order valence-corrected chi connectivity index (χ1v) is 9.56. The van der Waals surface area contributed by atoms with Gasteiger partial charge in [0.2, 0.25) is 5.82 Å². The summed E-state index contributed by atoms with van der Waals surface area (Å²) in [6.45, 7) is 3.65. The molecule has 3 aromatic rings. The van der Waals surface area contributed by atoms with Gasteiger partial charge in [0.05, 0.1) is 10.6 Å². The second kappa shape index (κ2) is 6.99. The number of amides is 1. The van der Waals surface area contributed by atoms with E-state index in [9.17, 15) is 9.18 Å². The molecule has 7 heteroatoms. The van der Waals surface area contributed by atoms with Crippen LogP contribution in [0.1, 0.15) is 30.4 Å². The van der Waals surface area contributed by atoms with Gasteiger partial charge < -0.3 is 4.90 Å². The molecule has 1 amide bonds. The number of likely N-dealkylation sites (tertiary alicyclic amines) is 1. The first-order chi connectivity index (χ1) is 12.6. The smallest absolute Gasteiger partial charge is 0.293 e. The summed E-state index contributed by atoms with van der Waals surface area (Å²) in [6, 6.07) is 9.98. The molecule has 0 aliphatic carbocycles. The molecule has 0 N–H and O–H groups in total. The summed E-state index contributed by atoms with van der Waals surface area (Å²) < 4.78 is 15.2. The van der Waals surface area contributed by atoms with Crippen molar-refractivity contribution in [1.29, 1.82) is 0 Å². The lowest BCUT2D eigenvalue weighted by molar-refractivity contribution is 0.0685. The lowest BCUT2D eigenvalue weighted by atomic mass is 9.99. The summed E-state index contributed by atoms with van der Waals surface area (Å²) in [5, 5.41) is 6.36. The third kappa shape index (κ3) is 3.26. The quantitative estimate of drug-likeness (QED) is 0.700. The molecule has 2 aromatic heterocycles. The van der Waals surface area contributed by atoms with Crippen LogP contribution in [0.2, 0.25) is 0 Å². The molecule has 1 fully saturated rings. The van der Waals surface area contributed by atoms with Gasteiger partial charge in [0.1, 0.15) is 5.82 Å². The molecule has 134 valence electrons. The molecule has 3 heterocycles.